The molecule has 0 amide bonds. The highest BCUT2D eigenvalue weighted by atomic mass is 79.9. The van der Waals surface area contributed by atoms with Crippen molar-refractivity contribution in [1.82, 2.24) is 4.57 Å². The number of halogens is 1. The molecule has 1 aliphatic heterocycles. The third kappa shape index (κ3) is 2.98. The standard InChI is InChI=1S/C20H21BrN2O3/c1-11(2)23-10-9-15-18(19(23)24)17(13-7-5-6-8-14(13)21)16(12(3)22-15)20(25)26-4/h5-11,17,22H,1-4H3. The van der Waals surface area contributed by atoms with Gasteiger partial charge in [-0.15, -0.1) is 0 Å². The molecule has 1 aliphatic rings. The molecule has 3 rings (SSSR count). The number of carbonyl (C=O) groups excluding carboxylic acids is 1. The number of nitrogens with one attached hydrogen (secondary N) is 1. The van der Waals surface area contributed by atoms with Crippen molar-refractivity contribution in [2.24, 2.45) is 0 Å². The van der Waals surface area contributed by atoms with Crippen molar-refractivity contribution in [2.45, 2.75) is 32.7 Å². The van der Waals surface area contributed by atoms with E-state index in [-0.39, 0.29) is 11.6 Å². The Kier molecular flexibility index (Phi) is 5.05. The molecule has 0 spiro atoms. The number of pyridine rings is 1. The number of hydrogen-bond acceptors (Lipinski definition) is 4. The van der Waals surface area contributed by atoms with Crippen LogP contribution in [-0.2, 0) is 9.53 Å². The van der Waals surface area contributed by atoms with Crippen LogP contribution in [0.15, 0.2) is 57.1 Å². The van der Waals surface area contributed by atoms with E-state index in [4.69, 9.17) is 4.74 Å². The second-order valence-electron chi connectivity index (χ2n) is 6.56. The fourth-order valence-electron chi connectivity index (χ4n) is 3.39. The van der Waals surface area contributed by atoms with Gasteiger partial charge in [-0.2, -0.15) is 0 Å². The highest BCUT2D eigenvalue weighted by Crippen LogP contribution is 2.42. The lowest BCUT2D eigenvalue weighted by molar-refractivity contribution is -0.136. The summed E-state index contributed by atoms with van der Waals surface area (Å²) >= 11 is 3.57. The Bertz CT molecular complexity index is 960. The zero-order valence-corrected chi connectivity index (χ0v) is 16.8. The van der Waals surface area contributed by atoms with Crippen molar-refractivity contribution >= 4 is 27.6 Å². The molecule has 5 nitrogen and oxygen atoms in total. The van der Waals surface area contributed by atoms with Crippen molar-refractivity contribution in [2.75, 3.05) is 12.4 Å². The Morgan fingerprint density at radius 3 is 2.58 bits per heavy atom. The summed E-state index contributed by atoms with van der Waals surface area (Å²) in [5.74, 6) is -0.950. The van der Waals surface area contributed by atoms with Gasteiger partial charge in [0.2, 0.25) is 0 Å². The van der Waals surface area contributed by atoms with Crippen LogP contribution in [0.25, 0.3) is 0 Å². The summed E-state index contributed by atoms with van der Waals surface area (Å²) in [6.45, 7) is 5.74. The quantitative estimate of drug-likeness (QED) is 0.761. The lowest BCUT2D eigenvalue weighted by atomic mass is 9.81. The molecule has 0 radical (unpaired) electrons. The minimum atomic E-state index is -0.507. The van der Waals surface area contributed by atoms with Gasteiger partial charge >= 0.3 is 5.97 Å². The summed E-state index contributed by atoms with van der Waals surface area (Å²) in [5, 5.41) is 3.20. The first-order valence-corrected chi connectivity index (χ1v) is 9.21. The van der Waals surface area contributed by atoms with Gasteiger partial charge in [0.05, 0.1) is 24.2 Å². The summed E-state index contributed by atoms with van der Waals surface area (Å²) in [4.78, 5) is 25.8. The number of rotatable bonds is 3. The number of nitrogens with zero attached hydrogens (tertiary/aromatic N) is 1. The van der Waals surface area contributed by atoms with Crippen LogP contribution in [0.5, 0.6) is 0 Å². The molecule has 1 unspecified atom stereocenters. The zero-order chi connectivity index (χ0) is 19.0. The monoisotopic (exact) mass is 416 g/mol. The molecule has 0 saturated carbocycles. The van der Waals surface area contributed by atoms with E-state index in [1.807, 2.05) is 51.1 Å². The molecule has 0 saturated heterocycles. The van der Waals surface area contributed by atoms with E-state index < -0.39 is 11.9 Å². The summed E-state index contributed by atoms with van der Waals surface area (Å²) in [5.41, 5.74) is 3.16. The molecule has 26 heavy (non-hydrogen) atoms. The number of esters is 1. The highest BCUT2D eigenvalue weighted by Gasteiger charge is 2.36. The van der Waals surface area contributed by atoms with Crippen LogP contribution in [0.3, 0.4) is 0 Å². The molecule has 1 N–H and O–H groups in total. The van der Waals surface area contributed by atoms with Crippen LogP contribution in [0, 0.1) is 0 Å². The van der Waals surface area contributed by atoms with Gasteiger partial charge in [-0.1, -0.05) is 34.1 Å². The minimum absolute atomic E-state index is 0.0150. The van der Waals surface area contributed by atoms with Crippen molar-refractivity contribution in [1.29, 1.82) is 0 Å². The molecule has 2 heterocycles. The Morgan fingerprint density at radius 1 is 1.27 bits per heavy atom. The molecule has 0 bridgehead atoms. The van der Waals surface area contributed by atoms with Crippen molar-refractivity contribution in [3.63, 3.8) is 0 Å². The largest absolute Gasteiger partial charge is 0.466 e. The SMILES string of the molecule is COC(=O)C1=C(C)Nc2ccn(C(C)C)c(=O)c2C1c1ccccc1Br. The van der Waals surface area contributed by atoms with Crippen LogP contribution in [0.4, 0.5) is 5.69 Å². The first-order valence-electron chi connectivity index (χ1n) is 8.42. The number of aromatic nitrogens is 1. The van der Waals surface area contributed by atoms with E-state index in [1.54, 1.807) is 10.8 Å². The minimum Gasteiger partial charge on any atom is -0.466 e. The number of benzene rings is 1. The molecule has 2 aromatic rings. The van der Waals surface area contributed by atoms with Gasteiger partial charge in [0, 0.05) is 28.1 Å². The Labute approximate surface area is 160 Å². The van der Waals surface area contributed by atoms with Crippen LogP contribution >= 0.6 is 15.9 Å². The molecule has 6 heteroatoms. The fourth-order valence-corrected chi connectivity index (χ4v) is 3.91. The average molecular weight is 417 g/mol. The fraction of sp³-hybridized carbons (Fsp3) is 0.300. The molecular weight excluding hydrogens is 396 g/mol. The predicted molar refractivity (Wildman–Crippen MR) is 105 cm³/mol. The second kappa shape index (κ2) is 7.11. The smallest absolute Gasteiger partial charge is 0.336 e. The molecule has 1 atom stereocenters. The number of ether oxygens (including phenoxy) is 1. The van der Waals surface area contributed by atoms with Gasteiger partial charge in [-0.3, -0.25) is 4.79 Å². The maximum Gasteiger partial charge on any atom is 0.336 e. The Morgan fingerprint density at radius 2 is 1.96 bits per heavy atom. The molecule has 136 valence electrons. The summed E-state index contributed by atoms with van der Waals surface area (Å²) < 4.78 is 7.54. The van der Waals surface area contributed by atoms with Gasteiger partial charge in [-0.25, -0.2) is 4.79 Å². The van der Waals surface area contributed by atoms with Crippen molar-refractivity contribution < 1.29 is 9.53 Å². The van der Waals surface area contributed by atoms with Gasteiger partial charge in [0.15, 0.2) is 0 Å². The van der Waals surface area contributed by atoms with E-state index in [0.717, 1.165) is 15.7 Å². The normalized spacial score (nSPS) is 16.3. The van der Waals surface area contributed by atoms with E-state index in [2.05, 4.69) is 21.2 Å². The van der Waals surface area contributed by atoms with E-state index in [1.165, 1.54) is 7.11 Å². The van der Waals surface area contributed by atoms with Gasteiger partial charge in [0.1, 0.15) is 0 Å². The second-order valence-corrected chi connectivity index (χ2v) is 7.41. The maximum absolute atomic E-state index is 13.2. The summed E-state index contributed by atoms with van der Waals surface area (Å²) in [6.07, 6.45) is 1.78. The maximum atomic E-state index is 13.2. The average Bonchev–Trinajstić information content (AvgIpc) is 2.60. The van der Waals surface area contributed by atoms with Crippen LogP contribution in [0.1, 0.15) is 43.9 Å². The third-order valence-electron chi connectivity index (χ3n) is 4.64. The van der Waals surface area contributed by atoms with E-state index in [0.29, 0.717) is 16.8 Å². The summed E-state index contributed by atoms with van der Waals surface area (Å²) in [7, 11) is 1.35. The predicted octanol–water partition coefficient (Wildman–Crippen LogP) is 4.20. The first kappa shape index (κ1) is 18.5. The van der Waals surface area contributed by atoms with E-state index in [9.17, 15) is 9.59 Å². The molecular formula is C20H21BrN2O3. The topological polar surface area (TPSA) is 60.3 Å². The number of hydrogen-bond donors (Lipinski definition) is 1. The number of fused-ring (bicyclic) bond motifs is 1. The van der Waals surface area contributed by atoms with Gasteiger partial charge in [0.25, 0.3) is 5.56 Å². The van der Waals surface area contributed by atoms with Crippen LogP contribution < -0.4 is 10.9 Å². The van der Waals surface area contributed by atoms with Gasteiger partial charge in [-0.05, 0) is 38.5 Å². The molecule has 0 fully saturated rings. The van der Waals surface area contributed by atoms with Crippen LogP contribution in [-0.4, -0.2) is 17.6 Å². The molecule has 1 aromatic carbocycles. The third-order valence-corrected chi connectivity index (χ3v) is 5.36. The number of carbonyl (C=O) groups is 1. The van der Waals surface area contributed by atoms with Gasteiger partial charge < -0.3 is 14.6 Å². The lowest BCUT2D eigenvalue weighted by Crippen LogP contribution is -2.33. The van der Waals surface area contributed by atoms with Crippen LogP contribution in [0.2, 0.25) is 0 Å². The summed E-state index contributed by atoms with van der Waals surface area (Å²) in [6, 6.07) is 9.54. The highest BCUT2D eigenvalue weighted by molar-refractivity contribution is 9.10. The Balaban J connectivity index is 2.36. The van der Waals surface area contributed by atoms with Crippen molar-refractivity contribution in [3.8, 4) is 0 Å². The Hall–Kier alpha value is -2.34. The first-order chi connectivity index (χ1) is 12.4. The van der Waals surface area contributed by atoms with Crippen molar-refractivity contribution in [3.05, 3.63) is 73.8 Å². The number of methoxy groups -OCH3 is 1. The zero-order valence-electron chi connectivity index (χ0n) is 15.2. The molecule has 0 aliphatic carbocycles. The lowest BCUT2D eigenvalue weighted by Gasteiger charge is -2.30. The molecule has 1 aromatic heterocycles. The van der Waals surface area contributed by atoms with E-state index >= 15 is 0 Å². The number of anilines is 1. The number of allylic oxidation sites excluding steroid dienone is 1.